The van der Waals surface area contributed by atoms with E-state index in [1.807, 2.05) is 11.9 Å². The summed E-state index contributed by atoms with van der Waals surface area (Å²) < 4.78 is 0. The highest BCUT2D eigenvalue weighted by Gasteiger charge is 2.28. The molecule has 0 radical (unpaired) electrons. The molecule has 2 fully saturated rings. The zero-order chi connectivity index (χ0) is 11.5. The Morgan fingerprint density at radius 1 is 1.56 bits per heavy atom. The van der Waals surface area contributed by atoms with E-state index in [2.05, 4.69) is 10.6 Å². The van der Waals surface area contributed by atoms with Crippen molar-refractivity contribution in [2.24, 2.45) is 0 Å². The minimum Gasteiger partial charge on any atom is -0.336 e. The molecule has 2 saturated heterocycles. The summed E-state index contributed by atoms with van der Waals surface area (Å²) in [7, 11) is 1.93. The Hall–Kier alpha value is -1.14. The van der Waals surface area contributed by atoms with E-state index in [0.29, 0.717) is 25.7 Å². The second-order valence-corrected chi connectivity index (χ2v) is 4.34. The van der Waals surface area contributed by atoms with Gasteiger partial charge in [-0.1, -0.05) is 0 Å². The maximum Gasteiger partial charge on any atom is 0.324 e. The number of hydrogen-bond acceptors (Lipinski definition) is 4. The molecule has 0 aromatic carbocycles. The lowest BCUT2D eigenvalue weighted by Crippen LogP contribution is -2.44. The van der Waals surface area contributed by atoms with Crippen LogP contribution < -0.4 is 10.6 Å². The van der Waals surface area contributed by atoms with Gasteiger partial charge in [-0.15, -0.1) is 0 Å². The fourth-order valence-electron chi connectivity index (χ4n) is 2.15. The number of hydrogen-bond donors (Lipinski definition) is 2. The molecular formula is C10H18N4O2. The Morgan fingerprint density at radius 2 is 2.38 bits per heavy atom. The van der Waals surface area contributed by atoms with E-state index < -0.39 is 0 Å². The van der Waals surface area contributed by atoms with Crippen LogP contribution in [0.3, 0.4) is 0 Å². The van der Waals surface area contributed by atoms with Crippen molar-refractivity contribution in [1.82, 2.24) is 20.4 Å². The maximum absolute atomic E-state index is 11.8. The lowest BCUT2D eigenvalue weighted by atomic mass is 10.2. The minimum absolute atomic E-state index is 0.107. The van der Waals surface area contributed by atoms with Crippen molar-refractivity contribution in [3.05, 3.63) is 0 Å². The molecule has 2 aliphatic heterocycles. The summed E-state index contributed by atoms with van der Waals surface area (Å²) in [6, 6.07) is 0.151. The number of urea groups is 1. The van der Waals surface area contributed by atoms with Crippen molar-refractivity contribution in [3.63, 3.8) is 0 Å². The molecule has 16 heavy (non-hydrogen) atoms. The normalized spacial score (nSPS) is 25.2. The standard InChI is InChI=1S/C10H18N4O2/c1-13(8-2-3-11-6-8)7-9(15)14-5-4-12-10(14)16/h8,11H,2-7H2,1H3,(H,12,16). The van der Waals surface area contributed by atoms with Crippen LogP contribution in [0.1, 0.15) is 6.42 Å². The average molecular weight is 226 g/mol. The summed E-state index contributed by atoms with van der Waals surface area (Å²) in [5, 5.41) is 5.89. The van der Waals surface area contributed by atoms with Crippen molar-refractivity contribution >= 4 is 11.9 Å². The number of carbonyl (C=O) groups is 2. The smallest absolute Gasteiger partial charge is 0.324 e. The summed E-state index contributed by atoms with van der Waals surface area (Å²) >= 11 is 0. The van der Waals surface area contributed by atoms with E-state index in [-0.39, 0.29) is 11.9 Å². The summed E-state index contributed by atoms with van der Waals surface area (Å²) in [6.07, 6.45) is 1.07. The third kappa shape index (κ3) is 2.33. The van der Waals surface area contributed by atoms with Crippen LogP contribution in [0.4, 0.5) is 4.79 Å². The molecule has 6 heteroatoms. The van der Waals surface area contributed by atoms with Gasteiger partial charge in [0.15, 0.2) is 0 Å². The molecule has 2 heterocycles. The highest BCUT2D eigenvalue weighted by atomic mass is 16.2. The third-order valence-corrected chi connectivity index (χ3v) is 3.20. The summed E-state index contributed by atoms with van der Waals surface area (Å²) in [5.41, 5.74) is 0. The summed E-state index contributed by atoms with van der Waals surface area (Å²) in [4.78, 5) is 26.4. The van der Waals surface area contributed by atoms with Crippen LogP contribution in [0.25, 0.3) is 0 Å². The molecule has 90 valence electrons. The number of amides is 3. The van der Waals surface area contributed by atoms with Gasteiger partial charge in [0, 0.05) is 25.7 Å². The summed E-state index contributed by atoms with van der Waals surface area (Å²) in [5.74, 6) is -0.107. The second kappa shape index (κ2) is 4.80. The van der Waals surface area contributed by atoms with Crippen LogP contribution in [0.5, 0.6) is 0 Å². The number of likely N-dealkylation sites (N-methyl/N-ethyl adjacent to an activating group) is 1. The van der Waals surface area contributed by atoms with Gasteiger partial charge in [0.1, 0.15) is 0 Å². The quantitative estimate of drug-likeness (QED) is 0.636. The minimum atomic E-state index is -0.261. The van der Waals surface area contributed by atoms with Gasteiger partial charge in [-0.25, -0.2) is 4.79 Å². The van der Waals surface area contributed by atoms with E-state index in [1.54, 1.807) is 0 Å². The van der Waals surface area contributed by atoms with Crippen LogP contribution in [0, 0.1) is 0 Å². The first-order valence-corrected chi connectivity index (χ1v) is 5.67. The van der Waals surface area contributed by atoms with Crippen molar-refractivity contribution in [2.45, 2.75) is 12.5 Å². The SMILES string of the molecule is CN(CC(=O)N1CCNC1=O)C1CCNC1. The molecule has 1 atom stereocenters. The highest BCUT2D eigenvalue weighted by molar-refractivity contribution is 5.96. The van der Waals surface area contributed by atoms with E-state index in [1.165, 1.54) is 4.90 Å². The van der Waals surface area contributed by atoms with Crippen molar-refractivity contribution in [1.29, 1.82) is 0 Å². The number of rotatable bonds is 3. The first-order valence-electron chi connectivity index (χ1n) is 5.67. The molecule has 2 N–H and O–H groups in total. The molecule has 2 aliphatic rings. The molecule has 0 bridgehead atoms. The van der Waals surface area contributed by atoms with Crippen LogP contribution >= 0.6 is 0 Å². The molecule has 0 aromatic rings. The molecular weight excluding hydrogens is 208 g/mol. The van der Waals surface area contributed by atoms with Crippen LogP contribution in [0.2, 0.25) is 0 Å². The van der Waals surface area contributed by atoms with E-state index in [4.69, 9.17) is 0 Å². The zero-order valence-corrected chi connectivity index (χ0v) is 9.53. The Balaban J connectivity index is 1.84. The van der Waals surface area contributed by atoms with Gasteiger partial charge in [0.05, 0.1) is 6.54 Å². The van der Waals surface area contributed by atoms with Crippen LogP contribution in [-0.4, -0.2) is 67.6 Å². The van der Waals surface area contributed by atoms with Gasteiger partial charge in [-0.05, 0) is 20.0 Å². The number of imide groups is 1. The Bertz CT molecular complexity index is 289. The molecule has 1 unspecified atom stereocenters. The second-order valence-electron chi connectivity index (χ2n) is 4.34. The van der Waals surface area contributed by atoms with Gasteiger partial charge < -0.3 is 10.6 Å². The zero-order valence-electron chi connectivity index (χ0n) is 9.53. The van der Waals surface area contributed by atoms with Crippen LogP contribution in [-0.2, 0) is 4.79 Å². The predicted octanol–water partition coefficient (Wildman–Crippen LogP) is -1.17. The fourth-order valence-corrected chi connectivity index (χ4v) is 2.15. The molecule has 6 nitrogen and oxygen atoms in total. The average Bonchev–Trinajstić information content (AvgIpc) is 2.86. The van der Waals surface area contributed by atoms with Crippen molar-refractivity contribution < 1.29 is 9.59 Å². The number of carbonyl (C=O) groups excluding carboxylic acids is 2. The number of nitrogens with zero attached hydrogens (tertiary/aromatic N) is 2. The third-order valence-electron chi connectivity index (χ3n) is 3.20. The van der Waals surface area contributed by atoms with Gasteiger partial charge >= 0.3 is 6.03 Å². The first-order chi connectivity index (χ1) is 7.68. The lowest BCUT2D eigenvalue weighted by Gasteiger charge is -2.24. The fraction of sp³-hybridized carbons (Fsp3) is 0.800. The van der Waals surface area contributed by atoms with Crippen LogP contribution in [0.15, 0.2) is 0 Å². The van der Waals surface area contributed by atoms with E-state index in [0.717, 1.165) is 19.5 Å². The molecule has 3 amide bonds. The van der Waals surface area contributed by atoms with E-state index in [9.17, 15) is 9.59 Å². The molecule has 2 rings (SSSR count). The largest absolute Gasteiger partial charge is 0.336 e. The predicted molar refractivity (Wildman–Crippen MR) is 59.0 cm³/mol. The number of nitrogens with one attached hydrogen (secondary N) is 2. The topological polar surface area (TPSA) is 64.7 Å². The van der Waals surface area contributed by atoms with Gasteiger partial charge in [0.2, 0.25) is 5.91 Å². The molecule has 0 aromatic heterocycles. The van der Waals surface area contributed by atoms with Gasteiger partial charge in [0.25, 0.3) is 0 Å². The first kappa shape index (κ1) is 11.3. The molecule has 0 spiro atoms. The van der Waals surface area contributed by atoms with E-state index >= 15 is 0 Å². The highest BCUT2D eigenvalue weighted by Crippen LogP contribution is 2.07. The Kier molecular flexibility index (Phi) is 3.40. The van der Waals surface area contributed by atoms with Crippen molar-refractivity contribution in [3.8, 4) is 0 Å². The monoisotopic (exact) mass is 226 g/mol. The van der Waals surface area contributed by atoms with Crippen molar-refractivity contribution in [2.75, 3.05) is 39.8 Å². The maximum atomic E-state index is 11.8. The van der Waals surface area contributed by atoms with Gasteiger partial charge in [-0.3, -0.25) is 14.6 Å². The summed E-state index contributed by atoms with van der Waals surface area (Å²) in [6.45, 7) is 3.32. The lowest BCUT2D eigenvalue weighted by molar-refractivity contribution is -0.128. The Morgan fingerprint density at radius 3 is 2.94 bits per heavy atom. The molecule has 0 aliphatic carbocycles. The molecule has 0 saturated carbocycles. The van der Waals surface area contributed by atoms with Gasteiger partial charge in [-0.2, -0.15) is 0 Å². The Labute approximate surface area is 95.0 Å².